The number of aryl methyl sites for hydroxylation is 1. The summed E-state index contributed by atoms with van der Waals surface area (Å²) in [6.45, 7) is 3.31. The van der Waals surface area contributed by atoms with Crippen LogP contribution in [0.2, 0.25) is 0 Å². The fourth-order valence-corrected chi connectivity index (χ4v) is 4.03. The van der Waals surface area contributed by atoms with E-state index in [4.69, 9.17) is 5.73 Å². The number of thiazole rings is 1. The average molecular weight is 287 g/mol. The van der Waals surface area contributed by atoms with E-state index in [9.17, 15) is 8.42 Å². The Hall–Kier alpha value is -1.45. The minimum absolute atomic E-state index is 0.137. The molecule has 1 atom stereocenters. The Kier molecular flexibility index (Phi) is 3.37. The molecule has 0 saturated heterocycles. The minimum atomic E-state index is -3.63. The molecule has 0 saturated carbocycles. The standard InChI is InChI=1S/C9H13N5O2S2/c1-5(7-11-3-4-12-7)14-18(15,16)8-6(2)13-9(10)17-8/h3-5,14H,1-2H3,(H2,10,13)(H,11,12). The van der Waals surface area contributed by atoms with Crippen LogP contribution in [0.15, 0.2) is 16.6 Å². The number of nitrogens with two attached hydrogens (primary N) is 1. The molecule has 2 aromatic rings. The third kappa shape index (κ3) is 2.52. The molecule has 98 valence electrons. The highest BCUT2D eigenvalue weighted by atomic mass is 32.2. The van der Waals surface area contributed by atoms with E-state index < -0.39 is 16.1 Å². The molecule has 9 heteroatoms. The number of imidazole rings is 1. The van der Waals surface area contributed by atoms with Crippen molar-refractivity contribution in [1.82, 2.24) is 19.7 Å². The first-order chi connectivity index (χ1) is 8.40. The van der Waals surface area contributed by atoms with E-state index in [1.54, 1.807) is 26.2 Å². The van der Waals surface area contributed by atoms with Crippen molar-refractivity contribution in [2.75, 3.05) is 5.73 Å². The molecule has 2 rings (SSSR count). The molecule has 0 amide bonds. The van der Waals surface area contributed by atoms with Crippen LogP contribution in [0, 0.1) is 6.92 Å². The fourth-order valence-electron chi connectivity index (χ4n) is 1.51. The number of H-pyrrole nitrogens is 1. The summed E-state index contributed by atoms with van der Waals surface area (Å²) in [4.78, 5) is 10.8. The van der Waals surface area contributed by atoms with Gasteiger partial charge in [0.1, 0.15) is 5.82 Å². The Bertz CT molecular complexity index is 632. The maximum Gasteiger partial charge on any atom is 0.252 e. The number of aromatic amines is 1. The molecular formula is C9H13N5O2S2. The highest BCUT2D eigenvalue weighted by Crippen LogP contribution is 2.25. The Labute approximate surface area is 109 Å². The van der Waals surface area contributed by atoms with Crippen molar-refractivity contribution in [1.29, 1.82) is 0 Å². The summed E-state index contributed by atoms with van der Waals surface area (Å²) in [6.07, 6.45) is 3.20. The summed E-state index contributed by atoms with van der Waals surface area (Å²) in [7, 11) is -3.63. The molecule has 0 spiro atoms. The maximum atomic E-state index is 12.1. The van der Waals surface area contributed by atoms with Gasteiger partial charge in [-0.25, -0.2) is 23.1 Å². The maximum absolute atomic E-state index is 12.1. The number of anilines is 1. The van der Waals surface area contributed by atoms with E-state index in [2.05, 4.69) is 19.7 Å². The molecule has 0 bridgehead atoms. The monoisotopic (exact) mass is 287 g/mol. The van der Waals surface area contributed by atoms with Gasteiger partial charge in [0.05, 0.1) is 11.7 Å². The zero-order valence-corrected chi connectivity index (χ0v) is 11.5. The SMILES string of the molecule is Cc1nc(N)sc1S(=O)(=O)NC(C)c1ncc[nH]1. The highest BCUT2D eigenvalue weighted by Gasteiger charge is 2.24. The van der Waals surface area contributed by atoms with Gasteiger partial charge >= 0.3 is 0 Å². The van der Waals surface area contributed by atoms with E-state index in [1.165, 1.54) is 0 Å². The number of sulfonamides is 1. The molecule has 0 aliphatic carbocycles. The summed E-state index contributed by atoms with van der Waals surface area (Å²) >= 11 is 0.946. The van der Waals surface area contributed by atoms with Gasteiger partial charge in [-0.15, -0.1) is 0 Å². The second kappa shape index (κ2) is 4.67. The summed E-state index contributed by atoms with van der Waals surface area (Å²) in [6, 6.07) is -0.451. The number of aromatic nitrogens is 3. The molecule has 18 heavy (non-hydrogen) atoms. The number of hydrogen-bond acceptors (Lipinski definition) is 6. The van der Waals surface area contributed by atoms with Crippen molar-refractivity contribution in [3.8, 4) is 0 Å². The Morgan fingerprint density at radius 1 is 1.56 bits per heavy atom. The molecule has 2 heterocycles. The van der Waals surface area contributed by atoms with E-state index >= 15 is 0 Å². The Balaban J connectivity index is 2.25. The van der Waals surface area contributed by atoms with Gasteiger partial charge in [0, 0.05) is 12.4 Å². The average Bonchev–Trinajstić information content (AvgIpc) is 2.86. The summed E-state index contributed by atoms with van der Waals surface area (Å²) in [5.74, 6) is 0.550. The normalized spacial score (nSPS) is 13.7. The largest absolute Gasteiger partial charge is 0.375 e. The lowest BCUT2D eigenvalue weighted by atomic mass is 10.3. The number of hydrogen-bond donors (Lipinski definition) is 3. The highest BCUT2D eigenvalue weighted by molar-refractivity contribution is 7.91. The summed E-state index contributed by atoms with van der Waals surface area (Å²) in [5.41, 5.74) is 5.90. The molecule has 4 N–H and O–H groups in total. The smallest absolute Gasteiger partial charge is 0.252 e. The van der Waals surface area contributed by atoms with Crippen molar-refractivity contribution in [2.45, 2.75) is 24.1 Å². The van der Waals surface area contributed by atoms with Crippen LogP contribution >= 0.6 is 11.3 Å². The van der Waals surface area contributed by atoms with Crippen molar-refractivity contribution < 1.29 is 8.42 Å². The summed E-state index contributed by atoms with van der Waals surface area (Å²) < 4.78 is 26.9. The van der Waals surface area contributed by atoms with Gasteiger partial charge in [0.25, 0.3) is 10.0 Å². The first-order valence-electron chi connectivity index (χ1n) is 5.14. The zero-order chi connectivity index (χ0) is 13.3. The van der Waals surface area contributed by atoms with Gasteiger partial charge in [-0.05, 0) is 13.8 Å². The third-order valence-electron chi connectivity index (χ3n) is 2.28. The van der Waals surface area contributed by atoms with Crippen LogP contribution in [0.5, 0.6) is 0 Å². The number of rotatable bonds is 4. The van der Waals surface area contributed by atoms with Crippen molar-refractivity contribution in [2.24, 2.45) is 0 Å². The van der Waals surface area contributed by atoms with Crippen LogP contribution in [0.25, 0.3) is 0 Å². The molecule has 1 unspecified atom stereocenters. The molecule has 0 aliphatic heterocycles. The van der Waals surface area contributed by atoms with Crippen LogP contribution in [0.4, 0.5) is 5.13 Å². The second-order valence-corrected chi connectivity index (χ2v) is 6.68. The van der Waals surface area contributed by atoms with Gasteiger partial charge < -0.3 is 10.7 Å². The van der Waals surface area contributed by atoms with E-state index in [-0.39, 0.29) is 9.34 Å². The van der Waals surface area contributed by atoms with Crippen molar-refractivity contribution >= 4 is 26.5 Å². The zero-order valence-electron chi connectivity index (χ0n) is 9.84. The van der Waals surface area contributed by atoms with Crippen molar-refractivity contribution in [3.63, 3.8) is 0 Å². The first kappa shape index (κ1) is 13.0. The topological polar surface area (TPSA) is 114 Å². The summed E-state index contributed by atoms with van der Waals surface area (Å²) in [5, 5.41) is 0.235. The second-order valence-electron chi connectivity index (χ2n) is 3.74. The quantitative estimate of drug-likeness (QED) is 0.769. The molecule has 7 nitrogen and oxygen atoms in total. The van der Waals surface area contributed by atoms with E-state index in [1.807, 2.05) is 0 Å². The number of nitrogens with zero attached hydrogens (tertiary/aromatic N) is 2. The van der Waals surface area contributed by atoms with Gasteiger partial charge in [-0.3, -0.25) is 0 Å². The third-order valence-corrected chi connectivity index (χ3v) is 5.41. The van der Waals surface area contributed by atoms with Gasteiger partial charge in [-0.1, -0.05) is 11.3 Å². The van der Waals surface area contributed by atoms with Gasteiger partial charge in [0.15, 0.2) is 9.34 Å². The molecule has 2 aromatic heterocycles. The molecule has 0 fully saturated rings. The lowest BCUT2D eigenvalue weighted by molar-refractivity contribution is 0.562. The molecule has 0 aliphatic rings. The van der Waals surface area contributed by atoms with Crippen molar-refractivity contribution in [3.05, 3.63) is 23.9 Å². The molecular weight excluding hydrogens is 274 g/mol. The minimum Gasteiger partial charge on any atom is -0.375 e. The van der Waals surface area contributed by atoms with Gasteiger partial charge in [0.2, 0.25) is 0 Å². The first-order valence-corrected chi connectivity index (χ1v) is 7.44. The predicted molar refractivity (Wildman–Crippen MR) is 68.6 cm³/mol. The Morgan fingerprint density at radius 2 is 2.28 bits per heavy atom. The van der Waals surface area contributed by atoms with E-state index in [0.29, 0.717) is 11.5 Å². The van der Waals surface area contributed by atoms with Crippen LogP contribution in [-0.4, -0.2) is 23.4 Å². The lowest BCUT2D eigenvalue weighted by Crippen LogP contribution is -2.27. The van der Waals surface area contributed by atoms with Crippen LogP contribution in [0.1, 0.15) is 24.5 Å². The molecule has 0 aromatic carbocycles. The van der Waals surface area contributed by atoms with Gasteiger partial charge in [-0.2, -0.15) is 0 Å². The number of nitrogens with one attached hydrogen (secondary N) is 2. The lowest BCUT2D eigenvalue weighted by Gasteiger charge is -2.10. The van der Waals surface area contributed by atoms with Crippen LogP contribution in [0.3, 0.4) is 0 Å². The van der Waals surface area contributed by atoms with Crippen LogP contribution < -0.4 is 10.5 Å². The van der Waals surface area contributed by atoms with Crippen LogP contribution in [-0.2, 0) is 10.0 Å². The van der Waals surface area contributed by atoms with E-state index in [0.717, 1.165) is 11.3 Å². The number of nitrogen functional groups attached to an aromatic ring is 1. The molecule has 0 radical (unpaired) electrons. The Morgan fingerprint density at radius 3 is 2.78 bits per heavy atom. The fraction of sp³-hybridized carbons (Fsp3) is 0.333. The predicted octanol–water partition coefficient (Wildman–Crippen LogP) is 0.796.